The van der Waals surface area contributed by atoms with E-state index >= 15 is 0 Å². The monoisotopic (exact) mass is 212 g/mol. The van der Waals surface area contributed by atoms with Gasteiger partial charge in [0.1, 0.15) is 6.29 Å². The van der Waals surface area contributed by atoms with Gasteiger partial charge in [-0.05, 0) is 11.1 Å². The van der Waals surface area contributed by atoms with Gasteiger partial charge in [0, 0.05) is 0 Å². The fourth-order valence-electron chi connectivity index (χ4n) is 1.43. The molecule has 0 saturated carbocycles. The first kappa shape index (κ1) is 11.7. The van der Waals surface area contributed by atoms with Crippen LogP contribution < -0.4 is 0 Å². The van der Waals surface area contributed by atoms with Gasteiger partial charge in [-0.2, -0.15) is 0 Å². The highest BCUT2D eigenvalue weighted by atomic mass is 28.3. The van der Waals surface area contributed by atoms with E-state index in [1.54, 1.807) is 0 Å². The van der Waals surface area contributed by atoms with Crippen LogP contribution in [-0.2, 0) is 9.53 Å². The Balaban J connectivity index is 2.62. The number of hydrogen-bond donors (Lipinski definition) is 0. The minimum atomic E-state index is -1.37. The number of carbonyl (C=O) groups excluding carboxylic acids is 1. The Morgan fingerprint density at radius 3 is 2.29 bits per heavy atom. The van der Waals surface area contributed by atoms with Gasteiger partial charge >= 0.3 is 0 Å². The number of ether oxygens (including phenoxy) is 1. The molecule has 80 valence electrons. The topological polar surface area (TPSA) is 29.6 Å². The summed E-state index contributed by atoms with van der Waals surface area (Å²) in [6.07, 6.45) is 4.42. The lowest BCUT2D eigenvalue weighted by Crippen LogP contribution is -2.44. The molecule has 1 aliphatic heterocycles. The van der Waals surface area contributed by atoms with Crippen LogP contribution in [0.4, 0.5) is 0 Å². The Kier molecular flexibility index (Phi) is 3.02. The van der Waals surface area contributed by atoms with Crippen LogP contribution in [0.3, 0.4) is 0 Å². The third-order valence-corrected chi connectivity index (χ3v) is 9.30. The molecule has 2 atom stereocenters. The summed E-state index contributed by atoms with van der Waals surface area (Å²) in [5, 5.41) is 0.349. The smallest absolute Gasteiger partial charge is 0.142 e. The van der Waals surface area contributed by atoms with Crippen LogP contribution in [0, 0.1) is 0 Å². The molecule has 14 heavy (non-hydrogen) atoms. The molecule has 2 nitrogen and oxygen atoms in total. The van der Waals surface area contributed by atoms with Crippen LogP contribution in [0.1, 0.15) is 20.8 Å². The van der Waals surface area contributed by atoms with E-state index in [0.29, 0.717) is 10.8 Å². The Morgan fingerprint density at radius 2 is 1.86 bits per heavy atom. The molecule has 0 aliphatic carbocycles. The minimum Gasteiger partial charge on any atom is -0.369 e. The first-order valence-electron chi connectivity index (χ1n) is 5.08. The number of hydrogen-bond acceptors (Lipinski definition) is 2. The molecule has 3 heteroatoms. The molecule has 0 amide bonds. The van der Waals surface area contributed by atoms with Gasteiger partial charge in [0.2, 0.25) is 0 Å². The Hall–Kier alpha value is -0.413. The van der Waals surface area contributed by atoms with Crippen molar-refractivity contribution < 1.29 is 9.53 Å². The lowest BCUT2D eigenvalue weighted by Gasteiger charge is -2.35. The summed E-state index contributed by atoms with van der Waals surface area (Å²) in [7, 11) is -1.37. The van der Waals surface area contributed by atoms with E-state index in [1.807, 2.05) is 6.08 Å². The van der Waals surface area contributed by atoms with Gasteiger partial charge in [-0.3, -0.25) is 4.79 Å². The number of allylic oxidation sites excluding steroid dienone is 1. The second-order valence-electron chi connectivity index (χ2n) is 5.51. The Labute approximate surface area is 87.3 Å². The third-order valence-electron chi connectivity index (χ3n) is 3.55. The average molecular weight is 212 g/mol. The van der Waals surface area contributed by atoms with Gasteiger partial charge < -0.3 is 4.74 Å². The van der Waals surface area contributed by atoms with Crippen LogP contribution in [0.15, 0.2) is 12.2 Å². The molecule has 1 rings (SSSR count). The lowest BCUT2D eigenvalue weighted by atomic mass is 10.2. The van der Waals surface area contributed by atoms with Crippen molar-refractivity contribution in [3.8, 4) is 0 Å². The number of epoxide rings is 1. The van der Waals surface area contributed by atoms with Crippen molar-refractivity contribution in [2.75, 3.05) is 0 Å². The van der Waals surface area contributed by atoms with E-state index < -0.39 is 8.07 Å². The van der Waals surface area contributed by atoms with Gasteiger partial charge in [0.05, 0.1) is 19.9 Å². The molecular formula is C11H20O2Si. The fraction of sp³-hybridized carbons (Fsp3) is 0.727. The first-order chi connectivity index (χ1) is 6.30. The lowest BCUT2D eigenvalue weighted by molar-refractivity contribution is -0.104. The normalized spacial score (nSPS) is 28.1. The quantitative estimate of drug-likeness (QED) is 0.311. The molecule has 1 fully saturated rings. The van der Waals surface area contributed by atoms with E-state index in [0.717, 1.165) is 6.29 Å². The molecular weight excluding hydrogens is 192 g/mol. The molecule has 0 aromatic rings. The van der Waals surface area contributed by atoms with Crippen molar-refractivity contribution in [2.45, 2.75) is 50.7 Å². The number of carbonyl (C=O) groups is 1. The summed E-state index contributed by atoms with van der Waals surface area (Å²) in [6, 6.07) is 0. The Morgan fingerprint density at radius 1 is 1.29 bits per heavy atom. The summed E-state index contributed by atoms with van der Waals surface area (Å²) in [6.45, 7) is 11.5. The number of aldehydes is 1. The van der Waals surface area contributed by atoms with Gasteiger partial charge in [-0.1, -0.05) is 39.9 Å². The molecule has 1 heterocycles. The molecule has 0 unspecified atom stereocenters. The highest BCUT2D eigenvalue weighted by molar-refractivity contribution is 6.82. The molecule has 0 spiro atoms. The summed E-state index contributed by atoms with van der Waals surface area (Å²) < 4.78 is 5.63. The SMILES string of the molecule is CC(C)(C)[Si](C)(C)[C@H]1O[C@@H]1/C=C/C=O. The standard InChI is InChI=1S/C11H20O2Si/c1-11(2,3)14(4,5)10-9(13-10)7-6-8-12/h6-10H,1-5H3/b7-6+/t9-,10-/m1/s1. The van der Waals surface area contributed by atoms with E-state index in [4.69, 9.17) is 4.74 Å². The van der Waals surface area contributed by atoms with E-state index in [-0.39, 0.29) is 6.10 Å². The second-order valence-corrected chi connectivity index (χ2v) is 11.0. The molecule has 0 aromatic carbocycles. The zero-order valence-corrected chi connectivity index (χ0v) is 10.7. The maximum Gasteiger partial charge on any atom is 0.142 e. The molecule has 0 bridgehead atoms. The van der Waals surface area contributed by atoms with Crippen molar-refractivity contribution in [1.82, 2.24) is 0 Å². The van der Waals surface area contributed by atoms with Crippen molar-refractivity contribution in [2.24, 2.45) is 0 Å². The summed E-state index contributed by atoms with van der Waals surface area (Å²) in [5.74, 6) is 0. The largest absolute Gasteiger partial charge is 0.369 e. The second kappa shape index (κ2) is 3.63. The number of rotatable bonds is 3. The first-order valence-corrected chi connectivity index (χ1v) is 8.16. The molecule has 0 N–H and O–H groups in total. The predicted molar refractivity (Wildman–Crippen MR) is 61.1 cm³/mol. The van der Waals surface area contributed by atoms with E-state index in [2.05, 4.69) is 33.9 Å². The van der Waals surface area contributed by atoms with Crippen molar-refractivity contribution in [3.63, 3.8) is 0 Å². The maximum atomic E-state index is 10.2. The third kappa shape index (κ3) is 2.15. The van der Waals surface area contributed by atoms with E-state index in [1.165, 1.54) is 6.08 Å². The van der Waals surface area contributed by atoms with Crippen LogP contribution in [0.5, 0.6) is 0 Å². The maximum absolute atomic E-state index is 10.2. The molecule has 0 aromatic heterocycles. The van der Waals surface area contributed by atoms with Crippen LogP contribution in [0.2, 0.25) is 18.1 Å². The summed E-state index contributed by atoms with van der Waals surface area (Å²) >= 11 is 0. The van der Waals surface area contributed by atoms with E-state index in [9.17, 15) is 4.79 Å². The predicted octanol–water partition coefficient (Wildman–Crippen LogP) is 2.56. The van der Waals surface area contributed by atoms with Crippen LogP contribution >= 0.6 is 0 Å². The van der Waals surface area contributed by atoms with Crippen molar-refractivity contribution in [3.05, 3.63) is 12.2 Å². The van der Waals surface area contributed by atoms with Crippen molar-refractivity contribution >= 4 is 14.4 Å². The zero-order chi connectivity index (χ0) is 11.0. The summed E-state index contributed by atoms with van der Waals surface area (Å²) in [4.78, 5) is 10.2. The van der Waals surface area contributed by atoms with Gasteiger partial charge in [-0.25, -0.2) is 0 Å². The zero-order valence-electron chi connectivity index (χ0n) is 9.70. The Bertz CT molecular complexity index is 251. The molecule has 1 saturated heterocycles. The van der Waals surface area contributed by atoms with Crippen LogP contribution in [0.25, 0.3) is 0 Å². The highest BCUT2D eigenvalue weighted by Gasteiger charge is 2.54. The van der Waals surface area contributed by atoms with Gasteiger partial charge in [0.15, 0.2) is 0 Å². The fourth-order valence-corrected chi connectivity index (χ4v) is 3.72. The molecule has 1 aliphatic rings. The average Bonchev–Trinajstić information content (AvgIpc) is 2.77. The minimum absolute atomic E-state index is 0.195. The molecule has 0 radical (unpaired) electrons. The van der Waals surface area contributed by atoms with Gasteiger partial charge in [0.25, 0.3) is 0 Å². The van der Waals surface area contributed by atoms with Crippen LogP contribution in [-0.4, -0.2) is 26.2 Å². The summed E-state index contributed by atoms with van der Waals surface area (Å²) in [5.41, 5.74) is 0.388. The highest BCUT2D eigenvalue weighted by Crippen LogP contribution is 2.46. The van der Waals surface area contributed by atoms with Gasteiger partial charge in [-0.15, -0.1) is 0 Å². The van der Waals surface area contributed by atoms with Crippen molar-refractivity contribution in [1.29, 1.82) is 0 Å².